The first kappa shape index (κ1) is 13.4. The van der Waals surface area contributed by atoms with Crippen molar-refractivity contribution < 1.29 is 4.74 Å². The Morgan fingerprint density at radius 1 is 1.33 bits per heavy atom. The summed E-state index contributed by atoms with van der Waals surface area (Å²) >= 11 is 5.96. The summed E-state index contributed by atoms with van der Waals surface area (Å²) in [4.78, 5) is 9.35. The number of hydrogen-bond acceptors (Lipinski definition) is 3. The molecule has 0 amide bonds. The molecule has 21 heavy (non-hydrogen) atoms. The number of ether oxygens (including phenoxy) is 1. The number of aryl methyl sites for hydroxylation is 1. The molecule has 2 heterocycles. The zero-order valence-electron chi connectivity index (χ0n) is 12.3. The van der Waals surface area contributed by atoms with Gasteiger partial charge in [0.1, 0.15) is 11.3 Å². The van der Waals surface area contributed by atoms with Crippen LogP contribution in [0.25, 0.3) is 11.2 Å². The highest BCUT2D eigenvalue weighted by molar-refractivity contribution is 6.17. The van der Waals surface area contributed by atoms with E-state index >= 15 is 0 Å². The molecule has 4 nitrogen and oxygen atoms in total. The molecule has 0 bridgehead atoms. The molecule has 0 radical (unpaired) electrons. The normalized spacial score (nSPS) is 19.9. The Hall–Kier alpha value is -1.29. The van der Waals surface area contributed by atoms with E-state index in [0.29, 0.717) is 17.2 Å². The molecule has 0 N–H and O–H groups in total. The van der Waals surface area contributed by atoms with Crippen LogP contribution in [-0.4, -0.2) is 27.5 Å². The Balaban J connectivity index is 1.77. The van der Waals surface area contributed by atoms with Crippen molar-refractivity contribution in [1.29, 1.82) is 0 Å². The Morgan fingerprint density at radius 2 is 2.14 bits per heavy atom. The zero-order valence-corrected chi connectivity index (χ0v) is 13.1. The Labute approximate surface area is 129 Å². The van der Waals surface area contributed by atoms with Crippen LogP contribution in [0.1, 0.15) is 31.5 Å². The van der Waals surface area contributed by atoms with Gasteiger partial charge >= 0.3 is 0 Å². The van der Waals surface area contributed by atoms with Crippen LogP contribution in [0, 0.1) is 11.3 Å². The van der Waals surface area contributed by atoms with Crippen molar-refractivity contribution in [3.05, 3.63) is 18.0 Å². The van der Waals surface area contributed by atoms with Crippen LogP contribution in [0.2, 0.25) is 0 Å². The standard InChI is InChI=1S/C16H20ClN3O/c1-21-14-5-4-12-15(19-14)20(13(18-12)6-9-17)10-16(7-8-16)11-2-3-11/h4-5,11H,2-3,6-10H2,1H3. The van der Waals surface area contributed by atoms with E-state index in [4.69, 9.17) is 21.3 Å². The highest BCUT2D eigenvalue weighted by Crippen LogP contribution is 2.62. The van der Waals surface area contributed by atoms with Crippen LogP contribution in [0.3, 0.4) is 0 Å². The summed E-state index contributed by atoms with van der Waals surface area (Å²) in [5.41, 5.74) is 2.41. The average molecular weight is 306 g/mol. The maximum absolute atomic E-state index is 5.96. The van der Waals surface area contributed by atoms with Crippen molar-refractivity contribution in [2.75, 3.05) is 13.0 Å². The smallest absolute Gasteiger partial charge is 0.215 e. The van der Waals surface area contributed by atoms with E-state index in [2.05, 4.69) is 9.55 Å². The Morgan fingerprint density at radius 3 is 2.76 bits per heavy atom. The van der Waals surface area contributed by atoms with Crippen molar-refractivity contribution in [2.24, 2.45) is 11.3 Å². The summed E-state index contributed by atoms with van der Waals surface area (Å²) in [6, 6.07) is 3.87. The molecule has 4 rings (SSSR count). The number of methoxy groups -OCH3 is 1. The topological polar surface area (TPSA) is 39.9 Å². The fraction of sp³-hybridized carbons (Fsp3) is 0.625. The van der Waals surface area contributed by atoms with Crippen LogP contribution < -0.4 is 4.74 Å². The summed E-state index contributed by atoms with van der Waals surface area (Å²) in [6.07, 6.45) is 6.28. The first-order valence-corrected chi connectivity index (χ1v) is 8.25. The van der Waals surface area contributed by atoms with Crippen molar-refractivity contribution in [2.45, 2.75) is 38.6 Å². The van der Waals surface area contributed by atoms with Crippen LogP contribution >= 0.6 is 11.6 Å². The lowest BCUT2D eigenvalue weighted by Gasteiger charge is -2.17. The predicted molar refractivity (Wildman–Crippen MR) is 82.9 cm³/mol. The third-order valence-corrected chi connectivity index (χ3v) is 5.17. The van der Waals surface area contributed by atoms with Crippen molar-refractivity contribution in [3.63, 3.8) is 0 Å². The maximum Gasteiger partial charge on any atom is 0.215 e. The molecule has 0 aliphatic heterocycles. The Kier molecular flexibility index (Phi) is 3.10. The molecule has 5 heteroatoms. The number of hydrogen-bond donors (Lipinski definition) is 0. The molecule has 2 aromatic heterocycles. The highest BCUT2D eigenvalue weighted by atomic mass is 35.5. The predicted octanol–water partition coefficient (Wildman–Crippen LogP) is 3.41. The second-order valence-electron chi connectivity index (χ2n) is 6.39. The number of halogens is 1. The number of fused-ring (bicyclic) bond motifs is 1. The van der Waals surface area contributed by atoms with E-state index in [9.17, 15) is 0 Å². The van der Waals surface area contributed by atoms with E-state index in [0.717, 1.165) is 35.9 Å². The SMILES string of the molecule is COc1ccc2nc(CCCl)n(CC3(C4CC4)CC3)c2n1. The molecule has 2 aromatic rings. The average Bonchev–Trinajstić information content (AvgIpc) is 3.38. The lowest BCUT2D eigenvalue weighted by Crippen LogP contribution is -2.16. The molecule has 0 saturated heterocycles. The number of aromatic nitrogens is 3. The maximum atomic E-state index is 5.96. The summed E-state index contributed by atoms with van der Waals surface area (Å²) in [5, 5.41) is 0. The molecule has 0 atom stereocenters. The van der Waals surface area contributed by atoms with Crippen molar-refractivity contribution >= 4 is 22.8 Å². The summed E-state index contributed by atoms with van der Waals surface area (Å²) in [7, 11) is 1.65. The fourth-order valence-corrected chi connectivity index (χ4v) is 3.62. The second-order valence-corrected chi connectivity index (χ2v) is 6.76. The van der Waals surface area contributed by atoms with Gasteiger partial charge in [0.05, 0.1) is 7.11 Å². The van der Waals surface area contributed by atoms with Crippen molar-refractivity contribution in [1.82, 2.24) is 14.5 Å². The van der Waals surface area contributed by atoms with Gasteiger partial charge in [0.2, 0.25) is 5.88 Å². The Bertz CT molecular complexity index is 673. The zero-order chi connectivity index (χ0) is 14.4. The van der Waals surface area contributed by atoms with Gasteiger partial charge in [-0.3, -0.25) is 0 Å². The van der Waals surface area contributed by atoms with Gasteiger partial charge in [0.25, 0.3) is 0 Å². The largest absolute Gasteiger partial charge is 0.481 e. The number of imidazole rings is 1. The molecular formula is C16H20ClN3O. The molecule has 2 aliphatic rings. The second kappa shape index (κ2) is 4.87. The van der Waals surface area contributed by atoms with E-state index in [1.54, 1.807) is 7.11 Å². The lowest BCUT2D eigenvalue weighted by molar-refractivity contribution is 0.366. The van der Waals surface area contributed by atoms with Gasteiger partial charge in [-0.15, -0.1) is 11.6 Å². The number of rotatable bonds is 6. The number of alkyl halides is 1. The van der Waals surface area contributed by atoms with Crippen LogP contribution in [0.4, 0.5) is 0 Å². The van der Waals surface area contributed by atoms with E-state index in [-0.39, 0.29) is 0 Å². The molecule has 0 unspecified atom stereocenters. The third kappa shape index (κ3) is 2.30. The molecule has 0 aromatic carbocycles. The quantitative estimate of drug-likeness (QED) is 0.768. The van der Waals surface area contributed by atoms with Crippen LogP contribution in [-0.2, 0) is 13.0 Å². The van der Waals surface area contributed by atoms with Gasteiger partial charge in [-0.2, -0.15) is 4.98 Å². The van der Waals surface area contributed by atoms with Gasteiger partial charge in [0, 0.05) is 24.9 Å². The minimum absolute atomic E-state index is 0.513. The number of pyridine rings is 1. The molecule has 0 spiro atoms. The van der Waals surface area contributed by atoms with Gasteiger partial charge < -0.3 is 9.30 Å². The first-order chi connectivity index (χ1) is 10.3. The summed E-state index contributed by atoms with van der Waals surface area (Å²) in [6.45, 7) is 1.04. The van der Waals surface area contributed by atoms with E-state index < -0.39 is 0 Å². The molecular weight excluding hydrogens is 286 g/mol. The minimum atomic E-state index is 0.513. The van der Waals surface area contributed by atoms with Gasteiger partial charge in [-0.05, 0) is 43.1 Å². The van der Waals surface area contributed by atoms with Crippen molar-refractivity contribution in [3.8, 4) is 5.88 Å². The first-order valence-electron chi connectivity index (χ1n) is 7.72. The number of nitrogens with zero attached hydrogens (tertiary/aromatic N) is 3. The highest BCUT2D eigenvalue weighted by Gasteiger charge is 2.54. The van der Waals surface area contributed by atoms with E-state index in [1.165, 1.54) is 25.7 Å². The molecule has 2 saturated carbocycles. The molecule has 2 aliphatic carbocycles. The van der Waals surface area contributed by atoms with Crippen LogP contribution in [0.5, 0.6) is 5.88 Å². The van der Waals surface area contributed by atoms with Crippen LogP contribution in [0.15, 0.2) is 12.1 Å². The summed E-state index contributed by atoms with van der Waals surface area (Å²) in [5.74, 6) is 3.23. The fourth-order valence-electron chi connectivity index (χ4n) is 3.45. The minimum Gasteiger partial charge on any atom is -0.481 e. The van der Waals surface area contributed by atoms with Gasteiger partial charge in [-0.25, -0.2) is 4.98 Å². The molecule has 112 valence electrons. The van der Waals surface area contributed by atoms with Gasteiger partial charge in [0.15, 0.2) is 5.65 Å². The molecule has 2 fully saturated rings. The monoisotopic (exact) mass is 305 g/mol. The van der Waals surface area contributed by atoms with Gasteiger partial charge in [-0.1, -0.05) is 0 Å². The summed E-state index contributed by atoms with van der Waals surface area (Å²) < 4.78 is 7.57. The third-order valence-electron chi connectivity index (χ3n) is 4.98. The van der Waals surface area contributed by atoms with E-state index in [1.807, 2.05) is 12.1 Å². The lowest BCUT2D eigenvalue weighted by atomic mass is 10.0.